The maximum absolute atomic E-state index is 12.3. The van der Waals surface area contributed by atoms with Crippen molar-refractivity contribution in [3.8, 4) is 0 Å². The molecule has 1 aliphatic carbocycles. The molecular formula is C17H24N6O. The van der Waals surface area contributed by atoms with Gasteiger partial charge in [0, 0.05) is 19.1 Å². The number of carbonyl (C=O) groups excluding carboxylic acids is 1. The molecule has 3 heterocycles. The van der Waals surface area contributed by atoms with Gasteiger partial charge in [-0.1, -0.05) is 19.3 Å². The van der Waals surface area contributed by atoms with Crippen molar-refractivity contribution < 1.29 is 4.79 Å². The van der Waals surface area contributed by atoms with Crippen LogP contribution >= 0.6 is 0 Å². The summed E-state index contributed by atoms with van der Waals surface area (Å²) < 4.78 is 1.69. The molecule has 2 aromatic rings. The summed E-state index contributed by atoms with van der Waals surface area (Å²) in [5.41, 5.74) is 0.741. The first-order valence-corrected chi connectivity index (χ1v) is 9.02. The van der Waals surface area contributed by atoms with E-state index in [-0.39, 0.29) is 12.5 Å². The maximum Gasteiger partial charge on any atom is 0.242 e. The molecule has 0 aromatic carbocycles. The van der Waals surface area contributed by atoms with Gasteiger partial charge in [0.1, 0.15) is 18.7 Å². The van der Waals surface area contributed by atoms with Crippen LogP contribution in [0.5, 0.6) is 0 Å². The predicted molar refractivity (Wildman–Crippen MR) is 91.8 cm³/mol. The molecule has 1 saturated heterocycles. The van der Waals surface area contributed by atoms with Crippen LogP contribution in [0.4, 0.5) is 5.82 Å². The number of amides is 1. The van der Waals surface area contributed by atoms with Crippen LogP contribution in [0.25, 0.3) is 11.0 Å². The molecule has 1 amide bonds. The Hall–Kier alpha value is -2.18. The summed E-state index contributed by atoms with van der Waals surface area (Å²) in [6.07, 6.45) is 11.6. The zero-order chi connectivity index (χ0) is 16.4. The molecule has 1 saturated carbocycles. The summed E-state index contributed by atoms with van der Waals surface area (Å²) in [7, 11) is 0. The number of hydrogen-bond acceptors (Lipinski definition) is 5. The van der Waals surface area contributed by atoms with Crippen molar-refractivity contribution in [1.82, 2.24) is 25.1 Å². The van der Waals surface area contributed by atoms with Crippen LogP contribution in [0.2, 0.25) is 0 Å². The molecule has 1 aliphatic heterocycles. The molecule has 2 fully saturated rings. The molecular weight excluding hydrogens is 304 g/mol. The minimum absolute atomic E-state index is 0.0215. The fourth-order valence-electron chi connectivity index (χ4n) is 3.83. The third-order valence-corrected chi connectivity index (χ3v) is 5.08. The number of aromatic nitrogens is 4. The van der Waals surface area contributed by atoms with Crippen molar-refractivity contribution in [2.75, 3.05) is 18.0 Å². The molecule has 2 aliphatic rings. The second-order valence-electron chi connectivity index (χ2n) is 6.83. The van der Waals surface area contributed by atoms with Gasteiger partial charge in [-0.15, -0.1) is 0 Å². The lowest BCUT2D eigenvalue weighted by Crippen LogP contribution is -2.38. The quantitative estimate of drug-likeness (QED) is 0.927. The fourth-order valence-corrected chi connectivity index (χ4v) is 3.83. The SMILES string of the molecule is O=C(Cn1ncc2c(N3CCCC3)ncnc21)NC1CCCCC1. The van der Waals surface area contributed by atoms with E-state index >= 15 is 0 Å². The molecule has 1 N–H and O–H groups in total. The Bertz CT molecular complexity index is 715. The highest BCUT2D eigenvalue weighted by molar-refractivity contribution is 5.88. The van der Waals surface area contributed by atoms with Crippen LogP contribution in [-0.2, 0) is 11.3 Å². The third-order valence-electron chi connectivity index (χ3n) is 5.08. The Morgan fingerprint density at radius 1 is 1.12 bits per heavy atom. The van der Waals surface area contributed by atoms with Gasteiger partial charge in [-0.3, -0.25) is 4.79 Å². The number of nitrogens with zero attached hydrogens (tertiary/aromatic N) is 5. The molecule has 0 unspecified atom stereocenters. The number of anilines is 1. The Kier molecular flexibility index (Phi) is 4.32. The third kappa shape index (κ3) is 3.07. The summed E-state index contributed by atoms with van der Waals surface area (Å²) in [6.45, 7) is 2.27. The van der Waals surface area contributed by atoms with Gasteiger partial charge in [0.2, 0.25) is 5.91 Å². The highest BCUT2D eigenvalue weighted by atomic mass is 16.2. The topological polar surface area (TPSA) is 75.9 Å². The minimum atomic E-state index is 0.0215. The zero-order valence-electron chi connectivity index (χ0n) is 13.9. The standard InChI is InChI=1S/C17H24N6O/c24-15(21-13-6-2-1-3-7-13)11-23-17-14(10-20-23)16(18-12-19-17)22-8-4-5-9-22/h10,12-13H,1-9,11H2,(H,21,24). The smallest absolute Gasteiger partial charge is 0.242 e. The van der Waals surface area contributed by atoms with E-state index in [1.165, 1.54) is 32.1 Å². The predicted octanol–water partition coefficient (Wildman–Crippen LogP) is 1.88. The van der Waals surface area contributed by atoms with E-state index in [1.807, 2.05) is 0 Å². The van der Waals surface area contributed by atoms with Crippen LogP contribution in [0.1, 0.15) is 44.9 Å². The molecule has 7 nitrogen and oxygen atoms in total. The van der Waals surface area contributed by atoms with Gasteiger partial charge in [-0.2, -0.15) is 5.10 Å². The average molecular weight is 328 g/mol. The summed E-state index contributed by atoms with van der Waals surface area (Å²) in [5.74, 6) is 0.963. The van der Waals surface area contributed by atoms with Crippen LogP contribution in [0.3, 0.4) is 0 Å². The van der Waals surface area contributed by atoms with E-state index in [4.69, 9.17) is 0 Å². The molecule has 2 aromatic heterocycles. The highest BCUT2D eigenvalue weighted by Gasteiger charge is 2.20. The van der Waals surface area contributed by atoms with Crippen molar-refractivity contribution in [2.24, 2.45) is 0 Å². The van der Waals surface area contributed by atoms with Gasteiger partial charge in [0.25, 0.3) is 0 Å². The van der Waals surface area contributed by atoms with E-state index in [2.05, 4.69) is 25.3 Å². The summed E-state index contributed by atoms with van der Waals surface area (Å²) >= 11 is 0. The number of fused-ring (bicyclic) bond motifs is 1. The average Bonchev–Trinajstić information content (AvgIpc) is 3.26. The molecule has 128 valence electrons. The molecule has 7 heteroatoms. The number of nitrogens with one attached hydrogen (secondary N) is 1. The Morgan fingerprint density at radius 2 is 1.92 bits per heavy atom. The number of rotatable bonds is 4. The van der Waals surface area contributed by atoms with E-state index in [0.717, 1.165) is 42.8 Å². The summed E-state index contributed by atoms with van der Waals surface area (Å²) in [4.78, 5) is 23.4. The Balaban J connectivity index is 1.50. The van der Waals surface area contributed by atoms with Gasteiger partial charge in [-0.25, -0.2) is 14.6 Å². The van der Waals surface area contributed by atoms with E-state index in [1.54, 1.807) is 17.2 Å². The maximum atomic E-state index is 12.3. The van der Waals surface area contributed by atoms with E-state index in [0.29, 0.717) is 6.04 Å². The molecule has 4 rings (SSSR count). The van der Waals surface area contributed by atoms with E-state index in [9.17, 15) is 4.79 Å². The van der Waals surface area contributed by atoms with Gasteiger partial charge in [0.15, 0.2) is 5.65 Å². The van der Waals surface area contributed by atoms with Crippen LogP contribution in [-0.4, -0.2) is 44.8 Å². The lowest BCUT2D eigenvalue weighted by molar-refractivity contribution is -0.122. The Labute approximate surface area is 141 Å². The minimum Gasteiger partial charge on any atom is -0.356 e. The van der Waals surface area contributed by atoms with Crippen molar-refractivity contribution >= 4 is 22.8 Å². The van der Waals surface area contributed by atoms with Gasteiger partial charge in [0.05, 0.1) is 11.6 Å². The second-order valence-corrected chi connectivity index (χ2v) is 6.83. The first kappa shape index (κ1) is 15.4. The van der Waals surface area contributed by atoms with Crippen molar-refractivity contribution in [2.45, 2.75) is 57.5 Å². The van der Waals surface area contributed by atoms with Crippen LogP contribution < -0.4 is 10.2 Å². The van der Waals surface area contributed by atoms with E-state index < -0.39 is 0 Å². The molecule has 0 bridgehead atoms. The molecule has 24 heavy (non-hydrogen) atoms. The molecule has 0 radical (unpaired) electrons. The largest absolute Gasteiger partial charge is 0.356 e. The Morgan fingerprint density at radius 3 is 2.71 bits per heavy atom. The van der Waals surface area contributed by atoms with Crippen molar-refractivity contribution in [1.29, 1.82) is 0 Å². The van der Waals surface area contributed by atoms with Crippen molar-refractivity contribution in [3.05, 3.63) is 12.5 Å². The monoisotopic (exact) mass is 328 g/mol. The van der Waals surface area contributed by atoms with Crippen molar-refractivity contribution in [3.63, 3.8) is 0 Å². The molecule has 0 atom stereocenters. The second kappa shape index (κ2) is 6.75. The summed E-state index contributed by atoms with van der Waals surface area (Å²) in [5, 5.41) is 8.46. The first-order chi connectivity index (χ1) is 11.8. The highest BCUT2D eigenvalue weighted by Crippen LogP contribution is 2.25. The van der Waals surface area contributed by atoms with Gasteiger partial charge < -0.3 is 10.2 Å². The first-order valence-electron chi connectivity index (χ1n) is 9.02. The van der Waals surface area contributed by atoms with Crippen LogP contribution in [0.15, 0.2) is 12.5 Å². The lowest BCUT2D eigenvalue weighted by atomic mass is 9.95. The van der Waals surface area contributed by atoms with Gasteiger partial charge >= 0.3 is 0 Å². The number of hydrogen-bond donors (Lipinski definition) is 1. The number of carbonyl (C=O) groups is 1. The summed E-state index contributed by atoms with van der Waals surface area (Å²) in [6, 6.07) is 0.322. The van der Waals surface area contributed by atoms with Crippen LogP contribution in [0, 0.1) is 0 Å². The lowest BCUT2D eigenvalue weighted by Gasteiger charge is -2.22. The van der Waals surface area contributed by atoms with Gasteiger partial charge in [-0.05, 0) is 25.7 Å². The molecule has 0 spiro atoms. The normalized spacial score (nSPS) is 19.1. The zero-order valence-corrected chi connectivity index (χ0v) is 13.9. The fraction of sp³-hybridized carbons (Fsp3) is 0.647.